The summed E-state index contributed by atoms with van der Waals surface area (Å²) in [6.45, 7) is 2.19. The van der Waals surface area contributed by atoms with Crippen LogP contribution >= 0.6 is 11.6 Å². The lowest BCUT2D eigenvalue weighted by Crippen LogP contribution is -2.23. The van der Waals surface area contributed by atoms with E-state index >= 15 is 0 Å². The zero-order valence-corrected chi connectivity index (χ0v) is 18.5. The van der Waals surface area contributed by atoms with Gasteiger partial charge in [0, 0.05) is 18.8 Å². The fourth-order valence-corrected chi connectivity index (χ4v) is 4.14. The second-order valence-corrected chi connectivity index (χ2v) is 9.47. The first kappa shape index (κ1) is 21.4. The lowest BCUT2D eigenvalue weighted by atomic mass is 10.0. The van der Waals surface area contributed by atoms with Crippen molar-refractivity contribution in [3.05, 3.63) is 70.4 Å². The highest BCUT2D eigenvalue weighted by molar-refractivity contribution is 7.92. The van der Waals surface area contributed by atoms with Crippen LogP contribution in [0.3, 0.4) is 0 Å². The summed E-state index contributed by atoms with van der Waals surface area (Å²) in [5.74, 6) is 0.874. The molecule has 0 aliphatic carbocycles. The summed E-state index contributed by atoms with van der Waals surface area (Å²) < 4.78 is 25.7. The minimum Gasteiger partial charge on any atom is -0.365 e. The monoisotopic (exact) mass is 458 g/mol. The topological polar surface area (TPSA) is 108 Å². The van der Waals surface area contributed by atoms with E-state index in [0.29, 0.717) is 29.0 Å². The third-order valence-electron chi connectivity index (χ3n) is 4.85. The Kier molecular flexibility index (Phi) is 6.26. The predicted octanol–water partition coefficient (Wildman–Crippen LogP) is 3.50. The molecule has 0 spiro atoms. The third-order valence-corrected chi connectivity index (χ3v) is 5.72. The Morgan fingerprint density at radius 1 is 1.16 bits per heavy atom. The zero-order valence-electron chi connectivity index (χ0n) is 16.9. The third kappa shape index (κ3) is 5.63. The molecule has 4 N–H and O–H groups in total. The average Bonchev–Trinajstić information content (AvgIpc) is 2.74. The number of rotatable bonds is 7. The number of sulfonamides is 1. The molecule has 0 saturated heterocycles. The second kappa shape index (κ2) is 9.09. The molecule has 2 aromatic carbocycles. The van der Waals surface area contributed by atoms with Crippen molar-refractivity contribution in [2.45, 2.75) is 19.5 Å². The highest BCUT2D eigenvalue weighted by atomic mass is 35.5. The molecule has 0 bridgehead atoms. The largest absolute Gasteiger partial charge is 0.365 e. The number of benzene rings is 2. The number of aromatic nitrogens is 2. The first-order chi connectivity index (χ1) is 14.9. The van der Waals surface area contributed by atoms with Gasteiger partial charge in [-0.2, -0.15) is 4.98 Å². The zero-order chi connectivity index (χ0) is 21.8. The maximum Gasteiger partial charge on any atom is 0.229 e. The van der Waals surface area contributed by atoms with E-state index in [2.05, 4.69) is 42.8 Å². The van der Waals surface area contributed by atoms with Crippen LogP contribution in [0.25, 0.3) is 0 Å². The molecule has 2 heterocycles. The standard InChI is InChI=1S/C21H23ClN6O2S/c1-31(29,30)28-19-5-3-2-4-16(19)12-24-20-18(22)13-25-21(27-20)26-17-7-6-15-11-23-9-8-14(15)10-17/h2-7,10,13,23,28H,8-9,11-12H2,1H3,(H2,24,25,26,27). The Bertz CT molecular complexity index is 1200. The molecule has 8 nitrogen and oxygen atoms in total. The van der Waals surface area contributed by atoms with Crippen LogP contribution in [-0.4, -0.2) is 31.2 Å². The van der Waals surface area contributed by atoms with Gasteiger partial charge in [-0.1, -0.05) is 35.9 Å². The highest BCUT2D eigenvalue weighted by Crippen LogP contribution is 2.25. The van der Waals surface area contributed by atoms with Gasteiger partial charge in [0.15, 0.2) is 5.82 Å². The summed E-state index contributed by atoms with van der Waals surface area (Å²) in [6.07, 6.45) is 3.63. The fraction of sp³-hybridized carbons (Fsp3) is 0.238. The van der Waals surface area contributed by atoms with Gasteiger partial charge in [0.05, 0.1) is 18.1 Å². The molecule has 1 aliphatic rings. The van der Waals surface area contributed by atoms with Gasteiger partial charge in [0.2, 0.25) is 16.0 Å². The number of halogens is 1. The van der Waals surface area contributed by atoms with Crippen LogP contribution in [0.1, 0.15) is 16.7 Å². The number of nitrogens with one attached hydrogen (secondary N) is 4. The Balaban J connectivity index is 1.49. The predicted molar refractivity (Wildman–Crippen MR) is 124 cm³/mol. The molecule has 10 heteroatoms. The molecule has 0 radical (unpaired) electrons. The number of hydrogen-bond acceptors (Lipinski definition) is 7. The Hall–Kier alpha value is -2.88. The molecule has 1 aliphatic heterocycles. The van der Waals surface area contributed by atoms with Crippen molar-refractivity contribution in [3.8, 4) is 0 Å². The molecule has 4 rings (SSSR count). The van der Waals surface area contributed by atoms with E-state index in [1.165, 1.54) is 17.3 Å². The molecule has 162 valence electrons. The molecular weight excluding hydrogens is 436 g/mol. The average molecular weight is 459 g/mol. The molecule has 0 amide bonds. The summed E-state index contributed by atoms with van der Waals surface area (Å²) >= 11 is 6.27. The molecule has 31 heavy (non-hydrogen) atoms. The van der Waals surface area contributed by atoms with Crippen molar-refractivity contribution in [1.82, 2.24) is 15.3 Å². The van der Waals surface area contributed by atoms with Gasteiger partial charge in [0.25, 0.3) is 0 Å². The van der Waals surface area contributed by atoms with E-state index in [-0.39, 0.29) is 0 Å². The van der Waals surface area contributed by atoms with E-state index in [0.717, 1.165) is 37.0 Å². The second-order valence-electron chi connectivity index (χ2n) is 7.31. The Morgan fingerprint density at radius 2 is 2.00 bits per heavy atom. The smallest absolute Gasteiger partial charge is 0.229 e. The van der Waals surface area contributed by atoms with Crippen LogP contribution in [0, 0.1) is 0 Å². The lowest BCUT2D eigenvalue weighted by Gasteiger charge is -2.18. The van der Waals surface area contributed by atoms with Crippen LogP contribution in [-0.2, 0) is 29.5 Å². The first-order valence-corrected chi connectivity index (χ1v) is 12.1. The molecule has 3 aromatic rings. The van der Waals surface area contributed by atoms with Crippen LogP contribution in [0.15, 0.2) is 48.7 Å². The summed E-state index contributed by atoms with van der Waals surface area (Å²) in [5.41, 5.74) is 4.80. The maximum absolute atomic E-state index is 11.6. The number of fused-ring (bicyclic) bond motifs is 1. The van der Waals surface area contributed by atoms with Gasteiger partial charge in [-0.25, -0.2) is 13.4 Å². The molecule has 1 aromatic heterocycles. The van der Waals surface area contributed by atoms with Crippen molar-refractivity contribution in [2.24, 2.45) is 0 Å². The summed E-state index contributed by atoms with van der Waals surface area (Å²) in [7, 11) is -3.38. The van der Waals surface area contributed by atoms with Gasteiger partial charge in [0.1, 0.15) is 5.02 Å². The van der Waals surface area contributed by atoms with Gasteiger partial charge >= 0.3 is 0 Å². The maximum atomic E-state index is 11.6. The lowest BCUT2D eigenvalue weighted by molar-refractivity contribution is 0.606. The van der Waals surface area contributed by atoms with E-state index in [1.807, 2.05) is 18.2 Å². The minimum absolute atomic E-state index is 0.334. The molecular formula is C21H23ClN6O2S. The Morgan fingerprint density at radius 3 is 2.84 bits per heavy atom. The van der Waals surface area contributed by atoms with Crippen LogP contribution in [0.2, 0.25) is 5.02 Å². The van der Waals surface area contributed by atoms with Crippen molar-refractivity contribution in [1.29, 1.82) is 0 Å². The quantitative estimate of drug-likeness (QED) is 0.429. The minimum atomic E-state index is -3.38. The Labute approximate surface area is 186 Å². The van der Waals surface area contributed by atoms with Gasteiger partial charge < -0.3 is 16.0 Å². The van der Waals surface area contributed by atoms with Crippen molar-refractivity contribution in [3.63, 3.8) is 0 Å². The van der Waals surface area contributed by atoms with Crippen molar-refractivity contribution in [2.75, 3.05) is 28.2 Å². The first-order valence-electron chi connectivity index (χ1n) is 9.79. The number of para-hydroxylation sites is 1. The molecule has 0 unspecified atom stereocenters. The van der Waals surface area contributed by atoms with Crippen LogP contribution < -0.4 is 20.7 Å². The number of anilines is 4. The van der Waals surface area contributed by atoms with Gasteiger partial charge in [-0.15, -0.1) is 0 Å². The molecule has 0 saturated carbocycles. The SMILES string of the molecule is CS(=O)(=O)Nc1ccccc1CNc1nc(Nc2ccc3c(c2)CCNC3)ncc1Cl. The fourth-order valence-electron chi connectivity index (χ4n) is 3.39. The van der Waals surface area contributed by atoms with Crippen LogP contribution in [0.4, 0.5) is 23.1 Å². The molecule has 0 atom stereocenters. The summed E-state index contributed by atoms with van der Waals surface area (Å²) in [6, 6.07) is 13.4. The normalized spacial score (nSPS) is 13.4. The van der Waals surface area contributed by atoms with E-state index in [4.69, 9.17) is 11.6 Å². The van der Waals surface area contributed by atoms with Crippen molar-refractivity contribution >= 4 is 44.8 Å². The highest BCUT2D eigenvalue weighted by Gasteiger charge is 2.12. The van der Waals surface area contributed by atoms with E-state index < -0.39 is 10.0 Å². The summed E-state index contributed by atoms with van der Waals surface area (Å²) in [4.78, 5) is 8.75. The van der Waals surface area contributed by atoms with Gasteiger partial charge in [-0.3, -0.25) is 4.72 Å². The number of hydrogen-bond donors (Lipinski definition) is 4. The van der Waals surface area contributed by atoms with Crippen molar-refractivity contribution < 1.29 is 8.42 Å². The van der Waals surface area contributed by atoms with Crippen LogP contribution in [0.5, 0.6) is 0 Å². The number of nitrogens with zero attached hydrogens (tertiary/aromatic N) is 2. The van der Waals surface area contributed by atoms with E-state index in [9.17, 15) is 8.42 Å². The molecule has 0 fully saturated rings. The van der Waals surface area contributed by atoms with Gasteiger partial charge in [-0.05, 0) is 47.9 Å². The van der Waals surface area contributed by atoms with E-state index in [1.54, 1.807) is 12.1 Å². The summed E-state index contributed by atoms with van der Waals surface area (Å²) in [5, 5.41) is 10.1.